The molecule has 6 nitrogen and oxygen atoms in total. The highest BCUT2D eigenvalue weighted by Gasteiger charge is 2.14. The summed E-state index contributed by atoms with van der Waals surface area (Å²) >= 11 is 0. The van der Waals surface area contributed by atoms with Gasteiger partial charge in [-0.25, -0.2) is 0 Å². The van der Waals surface area contributed by atoms with E-state index in [2.05, 4.69) is 15.5 Å². The van der Waals surface area contributed by atoms with Gasteiger partial charge in [0, 0.05) is 44.7 Å². The van der Waals surface area contributed by atoms with Crippen molar-refractivity contribution in [3.8, 4) is 6.07 Å². The lowest BCUT2D eigenvalue weighted by Crippen LogP contribution is -2.31. The fourth-order valence-electron chi connectivity index (χ4n) is 2.15. The summed E-state index contributed by atoms with van der Waals surface area (Å²) in [5, 5.41) is 14.3. The zero-order valence-corrected chi connectivity index (χ0v) is 11.8. The minimum Gasteiger partial charge on any atom is -0.355 e. The van der Waals surface area contributed by atoms with Crippen molar-refractivity contribution in [1.29, 1.82) is 5.26 Å². The third-order valence-electron chi connectivity index (χ3n) is 3.36. The first-order valence-electron chi connectivity index (χ1n) is 6.96. The summed E-state index contributed by atoms with van der Waals surface area (Å²) in [5.41, 5.74) is 1.25. The minimum absolute atomic E-state index is 0.0664. The molecule has 6 heteroatoms. The number of carbonyl (C=O) groups excluding carboxylic acids is 2. The lowest BCUT2D eigenvalue weighted by molar-refractivity contribution is -0.120. The van der Waals surface area contributed by atoms with Gasteiger partial charge < -0.3 is 15.5 Å². The van der Waals surface area contributed by atoms with Crippen molar-refractivity contribution in [3.63, 3.8) is 0 Å². The molecule has 2 amide bonds. The van der Waals surface area contributed by atoms with Gasteiger partial charge in [0.05, 0.1) is 11.6 Å². The summed E-state index contributed by atoms with van der Waals surface area (Å²) in [7, 11) is 0. The van der Waals surface area contributed by atoms with Crippen molar-refractivity contribution >= 4 is 17.5 Å². The Labute approximate surface area is 123 Å². The minimum atomic E-state index is -0.0664. The Morgan fingerprint density at radius 2 is 2.10 bits per heavy atom. The molecule has 0 unspecified atom stereocenters. The SMILES string of the molecule is N#Cc1ccc(NC(=O)CCN2CCNC(=O)CC2)cc1. The third-order valence-corrected chi connectivity index (χ3v) is 3.36. The molecule has 0 aromatic heterocycles. The number of anilines is 1. The average Bonchev–Trinajstić information content (AvgIpc) is 2.70. The molecule has 0 spiro atoms. The molecule has 2 rings (SSSR count). The molecular weight excluding hydrogens is 268 g/mol. The van der Waals surface area contributed by atoms with Crippen LogP contribution in [0.3, 0.4) is 0 Å². The zero-order valence-electron chi connectivity index (χ0n) is 11.8. The highest BCUT2D eigenvalue weighted by molar-refractivity contribution is 5.90. The first kappa shape index (κ1) is 15.0. The van der Waals surface area contributed by atoms with Crippen LogP contribution in [-0.4, -0.2) is 42.9 Å². The Hall–Kier alpha value is -2.39. The molecule has 2 N–H and O–H groups in total. The van der Waals surface area contributed by atoms with E-state index in [1.54, 1.807) is 24.3 Å². The smallest absolute Gasteiger partial charge is 0.225 e. The quantitative estimate of drug-likeness (QED) is 0.853. The number of carbonyl (C=O) groups is 2. The largest absolute Gasteiger partial charge is 0.355 e. The van der Waals surface area contributed by atoms with E-state index >= 15 is 0 Å². The second kappa shape index (κ2) is 7.41. The maximum Gasteiger partial charge on any atom is 0.225 e. The molecule has 0 atom stereocenters. The van der Waals surface area contributed by atoms with Crippen molar-refractivity contribution in [2.24, 2.45) is 0 Å². The fraction of sp³-hybridized carbons (Fsp3) is 0.400. The van der Waals surface area contributed by atoms with Crippen molar-refractivity contribution < 1.29 is 9.59 Å². The van der Waals surface area contributed by atoms with Gasteiger partial charge in [0.1, 0.15) is 0 Å². The highest BCUT2D eigenvalue weighted by atomic mass is 16.2. The molecular formula is C15H18N4O2. The van der Waals surface area contributed by atoms with Gasteiger partial charge in [0.2, 0.25) is 11.8 Å². The van der Waals surface area contributed by atoms with Crippen LogP contribution < -0.4 is 10.6 Å². The van der Waals surface area contributed by atoms with E-state index in [0.717, 1.165) is 6.54 Å². The second-order valence-electron chi connectivity index (χ2n) is 4.93. The predicted octanol–water partition coefficient (Wildman–Crippen LogP) is 0.709. The first-order valence-corrected chi connectivity index (χ1v) is 6.96. The number of rotatable bonds is 4. The van der Waals surface area contributed by atoms with Crippen LogP contribution in [0, 0.1) is 11.3 Å². The van der Waals surface area contributed by atoms with Crippen molar-refractivity contribution in [2.45, 2.75) is 12.8 Å². The number of hydrogen-bond acceptors (Lipinski definition) is 4. The van der Waals surface area contributed by atoms with Crippen LogP contribution in [0.2, 0.25) is 0 Å². The highest BCUT2D eigenvalue weighted by Crippen LogP contribution is 2.09. The van der Waals surface area contributed by atoms with Crippen molar-refractivity contribution in [1.82, 2.24) is 10.2 Å². The summed E-state index contributed by atoms with van der Waals surface area (Å²) in [4.78, 5) is 25.2. The summed E-state index contributed by atoms with van der Waals surface area (Å²) in [6.45, 7) is 2.74. The molecule has 1 heterocycles. The Bertz CT molecular complexity index is 548. The Kier molecular flexibility index (Phi) is 5.29. The van der Waals surface area contributed by atoms with E-state index in [1.807, 2.05) is 6.07 Å². The molecule has 1 aliphatic heterocycles. The number of benzene rings is 1. The molecule has 0 radical (unpaired) electrons. The number of nitrogens with zero attached hydrogens (tertiary/aromatic N) is 2. The van der Waals surface area contributed by atoms with Gasteiger partial charge in [-0.2, -0.15) is 5.26 Å². The molecule has 0 aliphatic carbocycles. The van der Waals surface area contributed by atoms with Gasteiger partial charge in [-0.1, -0.05) is 0 Å². The molecule has 1 aromatic carbocycles. The average molecular weight is 286 g/mol. The van der Waals surface area contributed by atoms with Crippen molar-refractivity contribution in [3.05, 3.63) is 29.8 Å². The van der Waals surface area contributed by atoms with Crippen LogP contribution in [0.15, 0.2) is 24.3 Å². The Morgan fingerprint density at radius 3 is 2.81 bits per heavy atom. The molecule has 110 valence electrons. The standard InChI is InChI=1S/C15H18N4O2/c16-11-12-1-3-13(4-2-12)18-15(21)6-9-19-8-5-14(20)17-7-10-19/h1-4H,5-10H2,(H,17,20)(H,18,21). The van der Waals surface area contributed by atoms with E-state index in [-0.39, 0.29) is 11.8 Å². The lowest BCUT2D eigenvalue weighted by Gasteiger charge is -2.18. The van der Waals surface area contributed by atoms with Crippen LogP contribution in [0.1, 0.15) is 18.4 Å². The van der Waals surface area contributed by atoms with Gasteiger partial charge >= 0.3 is 0 Å². The molecule has 1 aromatic rings. The summed E-state index contributed by atoms with van der Waals surface area (Å²) < 4.78 is 0. The second-order valence-corrected chi connectivity index (χ2v) is 4.93. The first-order chi connectivity index (χ1) is 10.2. The molecule has 1 fully saturated rings. The fourth-order valence-corrected chi connectivity index (χ4v) is 2.15. The maximum absolute atomic E-state index is 11.9. The number of hydrogen-bond donors (Lipinski definition) is 2. The van der Waals surface area contributed by atoms with Crippen LogP contribution in [0.25, 0.3) is 0 Å². The lowest BCUT2D eigenvalue weighted by atomic mass is 10.2. The van der Waals surface area contributed by atoms with E-state index in [4.69, 9.17) is 5.26 Å². The third kappa shape index (κ3) is 4.89. The molecule has 0 saturated carbocycles. The Morgan fingerprint density at radius 1 is 1.33 bits per heavy atom. The number of amides is 2. The van der Waals surface area contributed by atoms with E-state index in [9.17, 15) is 9.59 Å². The molecule has 0 bridgehead atoms. The summed E-state index contributed by atoms with van der Waals surface area (Å²) in [5.74, 6) is 0.00257. The summed E-state index contributed by atoms with van der Waals surface area (Å²) in [6.07, 6.45) is 0.867. The van der Waals surface area contributed by atoms with Gasteiger partial charge in [-0.15, -0.1) is 0 Å². The Balaban J connectivity index is 1.76. The molecule has 1 saturated heterocycles. The predicted molar refractivity (Wildman–Crippen MR) is 78.5 cm³/mol. The zero-order chi connectivity index (χ0) is 15.1. The van der Waals surface area contributed by atoms with Crippen LogP contribution in [0.4, 0.5) is 5.69 Å². The normalized spacial score (nSPS) is 15.7. The maximum atomic E-state index is 11.9. The van der Waals surface area contributed by atoms with E-state index in [0.29, 0.717) is 43.7 Å². The number of nitrogens with one attached hydrogen (secondary N) is 2. The molecule has 21 heavy (non-hydrogen) atoms. The van der Waals surface area contributed by atoms with Crippen LogP contribution >= 0.6 is 0 Å². The van der Waals surface area contributed by atoms with E-state index in [1.165, 1.54) is 0 Å². The monoisotopic (exact) mass is 286 g/mol. The van der Waals surface area contributed by atoms with Crippen LogP contribution in [0.5, 0.6) is 0 Å². The van der Waals surface area contributed by atoms with Gasteiger partial charge in [0.15, 0.2) is 0 Å². The van der Waals surface area contributed by atoms with Gasteiger partial charge in [0.25, 0.3) is 0 Å². The van der Waals surface area contributed by atoms with E-state index < -0.39 is 0 Å². The van der Waals surface area contributed by atoms with Gasteiger partial charge in [-0.3, -0.25) is 9.59 Å². The van der Waals surface area contributed by atoms with Crippen molar-refractivity contribution in [2.75, 3.05) is 31.5 Å². The van der Waals surface area contributed by atoms with Gasteiger partial charge in [-0.05, 0) is 24.3 Å². The topological polar surface area (TPSA) is 85.2 Å². The van der Waals surface area contributed by atoms with Crippen LogP contribution in [-0.2, 0) is 9.59 Å². The molecule has 1 aliphatic rings. The number of nitriles is 1. The summed E-state index contributed by atoms with van der Waals surface area (Å²) in [6, 6.07) is 8.80.